The van der Waals surface area contributed by atoms with Crippen LogP contribution < -0.4 is 0 Å². The molecule has 6 heteroatoms. The molecule has 0 amide bonds. The monoisotopic (exact) mass is 807 g/mol. The van der Waals surface area contributed by atoms with Crippen molar-refractivity contribution >= 4 is 17.9 Å². The van der Waals surface area contributed by atoms with E-state index in [1.807, 2.05) is 0 Å². The van der Waals surface area contributed by atoms with E-state index < -0.39 is 6.10 Å². The molecule has 0 aliphatic carbocycles. The highest BCUT2D eigenvalue weighted by molar-refractivity contribution is 5.71. The van der Waals surface area contributed by atoms with Gasteiger partial charge in [-0.25, -0.2) is 0 Å². The molecule has 57 heavy (non-hydrogen) atoms. The second-order valence-corrected chi connectivity index (χ2v) is 17.7. The van der Waals surface area contributed by atoms with Gasteiger partial charge in [0.05, 0.1) is 0 Å². The lowest BCUT2D eigenvalue weighted by molar-refractivity contribution is -0.167. The Morgan fingerprint density at radius 2 is 0.614 bits per heavy atom. The van der Waals surface area contributed by atoms with Crippen molar-refractivity contribution < 1.29 is 28.6 Å². The van der Waals surface area contributed by atoms with Gasteiger partial charge in [-0.1, -0.05) is 246 Å². The van der Waals surface area contributed by atoms with Gasteiger partial charge < -0.3 is 14.2 Å². The molecule has 338 valence electrons. The normalized spacial score (nSPS) is 12.4. The molecule has 0 aliphatic rings. The number of esters is 3. The van der Waals surface area contributed by atoms with Crippen LogP contribution in [0.2, 0.25) is 0 Å². The van der Waals surface area contributed by atoms with Crippen LogP contribution in [0.15, 0.2) is 0 Å². The van der Waals surface area contributed by atoms with E-state index in [2.05, 4.69) is 27.7 Å². The highest BCUT2D eigenvalue weighted by Crippen LogP contribution is 2.17. The Morgan fingerprint density at radius 1 is 0.351 bits per heavy atom. The topological polar surface area (TPSA) is 78.9 Å². The van der Waals surface area contributed by atoms with E-state index >= 15 is 0 Å². The first-order valence-electron chi connectivity index (χ1n) is 25.4. The summed E-state index contributed by atoms with van der Waals surface area (Å²) in [6.45, 7) is 9.04. The van der Waals surface area contributed by atoms with Crippen LogP contribution in [0.1, 0.15) is 285 Å². The summed E-state index contributed by atoms with van der Waals surface area (Å²) in [6, 6.07) is 0. The quantitative estimate of drug-likeness (QED) is 0.0346. The van der Waals surface area contributed by atoms with E-state index in [0.717, 1.165) is 63.7 Å². The van der Waals surface area contributed by atoms with Crippen molar-refractivity contribution in [2.24, 2.45) is 5.92 Å². The second-order valence-electron chi connectivity index (χ2n) is 17.7. The van der Waals surface area contributed by atoms with Gasteiger partial charge in [0, 0.05) is 19.3 Å². The van der Waals surface area contributed by atoms with Crippen molar-refractivity contribution in [2.45, 2.75) is 291 Å². The minimum atomic E-state index is -0.759. The number of hydrogen-bond donors (Lipinski definition) is 0. The van der Waals surface area contributed by atoms with Crippen molar-refractivity contribution in [3.8, 4) is 0 Å². The number of ether oxygens (including phenoxy) is 3. The fraction of sp³-hybridized carbons (Fsp3) is 0.941. The van der Waals surface area contributed by atoms with Crippen LogP contribution in [0.5, 0.6) is 0 Å². The zero-order valence-corrected chi connectivity index (χ0v) is 38.8. The zero-order chi connectivity index (χ0) is 41.7. The Morgan fingerprint density at radius 3 is 0.912 bits per heavy atom. The maximum atomic E-state index is 12.7. The average Bonchev–Trinajstić information content (AvgIpc) is 3.21. The van der Waals surface area contributed by atoms with Crippen molar-refractivity contribution in [3.63, 3.8) is 0 Å². The largest absolute Gasteiger partial charge is 0.462 e. The summed E-state index contributed by atoms with van der Waals surface area (Å²) in [5.74, 6) is 0.0470. The van der Waals surface area contributed by atoms with Gasteiger partial charge in [-0.15, -0.1) is 0 Å². The predicted octanol–water partition coefficient (Wildman–Crippen LogP) is 16.3. The molecule has 0 N–H and O–H groups in total. The molecule has 1 unspecified atom stereocenters. The Hall–Kier alpha value is -1.59. The molecular formula is C51H98O6. The molecule has 0 heterocycles. The summed E-state index contributed by atoms with van der Waals surface area (Å²) in [4.78, 5) is 37.8. The Labute approximate surface area is 355 Å². The molecule has 0 aromatic heterocycles. The van der Waals surface area contributed by atoms with Gasteiger partial charge in [0.15, 0.2) is 6.10 Å². The number of carbonyl (C=O) groups excluding carboxylic acids is 3. The summed E-state index contributed by atoms with van der Waals surface area (Å²) in [5, 5.41) is 0. The van der Waals surface area contributed by atoms with Crippen LogP contribution in [0, 0.1) is 5.92 Å². The smallest absolute Gasteiger partial charge is 0.306 e. The highest BCUT2D eigenvalue weighted by atomic mass is 16.6. The van der Waals surface area contributed by atoms with Gasteiger partial charge in [0.1, 0.15) is 13.2 Å². The summed E-state index contributed by atoms with van der Waals surface area (Å²) in [5.41, 5.74) is 0. The summed E-state index contributed by atoms with van der Waals surface area (Å²) < 4.78 is 16.8. The first kappa shape index (κ1) is 55.4. The lowest BCUT2D eigenvalue weighted by Gasteiger charge is -2.18. The van der Waals surface area contributed by atoms with Gasteiger partial charge in [-0.05, 0) is 25.2 Å². The Balaban J connectivity index is 4.22. The SMILES string of the molecule is CCCCCCCCCCCCCCC(=O)OC[C@@H](COC(=O)CCCCCCCCCCCCCCCCC(C)CC)OC(=O)CCCCCCCCCCC. The van der Waals surface area contributed by atoms with E-state index in [9.17, 15) is 14.4 Å². The Kier molecular flexibility index (Phi) is 44.2. The zero-order valence-electron chi connectivity index (χ0n) is 38.8. The van der Waals surface area contributed by atoms with Gasteiger partial charge in [0.2, 0.25) is 0 Å². The van der Waals surface area contributed by atoms with Crippen molar-refractivity contribution in [1.82, 2.24) is 0 Å². The molecule has 0 saturated heterocycles. The summed E-state index contributed by atoms with van der Waals surface area (Å²) in [6.07, 6.45) is 46.5. The molecule has 0 rings (SSSR count). The molecular weight excluding hydrogens is 709 g/mol. The lowest BCUT2D eigenvalue weighted by Crippen LogP contribution is -2.30. The van der Waals surface area contributed by atoms with E-state index in [1.165, 1.54) is 180 Å². The van der Waals surface area contributed by atoms with Crippen LogP contribution >= 0.6 is 0 Å². The number of unbranched alkanes of at least 4 members (excludes halogenated alkanes) is 32. The molecule has 6 nitrogen and oxygen atoms in total. The van der Waals surface area contributed by atoms with E-state index in [-0.39, 0.29) is 31.1 Å². The molecule has 0 aliphatic heterocycles. The first-order valence-corrected chi connectivity index (χ1v) is 25.4. The molecule has 0 aromatic rings. The van der Waals surface area contributed by atoms with Crippen molar-refractivity contribution in [2.75, 3.05) is 13.2 Å². The molecule has 0 spiro atoms. The van der Waals surface area contributed by atoms with Gasteiger partial charge >= 0.3 is 17.9 Å². The average molecular weight is 807 g/mol. The number of rotatable bonds is 46. The predicted molar refractivity (Wildman–Crippen MR) is 243 cm³/mol. The first-order chi connectivity index (χ1) is 27.9. The molecule has 0 saturated carbocycles. The third-order valence-corrected chi connectivity index (χ3v) is 11.9. The van der Waals surface area contributed by atoms with Gasteiger partial charge in [0.25, 0.3) is 0 Å². The van der Waals surface area contributed by atoms with Crippen molar-refractivity contribution in [3.05, 3.63) is 0 Å². The lowest BCUT2D eigenvalue weighted by atomic mass is 9.99. The van der Waals surface area contributed by atoms with Crippen LogP contribution in [-0.4, -0.2) is 37.2 Å². The summed E-state index contributed by atoms with van der Waals surface area (Å²) in [7, 11) is 0. The number of carbonyl (C=O) groups is 3. The fourth-order valence-corrected chi connectivity index (χ4v) is 7.66. The van der Waals surface area contributed by atoms with Crippen LogP contribution in [0.4, 0.5) is 0 Å². The Bertz CT molecular complexity index is 859. The fourth-order valence-electron chi connectivity index (χ4n) is 7.66. The van der Waals surface area contributed by atoms with Crippen LogP contribution in [0.25, 0.3) is 0 Å². The maximum absolute atomic E-state index is 12.7. The van der Waals surface area contributed by atoms with E-state index in [0.29, 0.717) is 19.3 Å². The molecule has 0 aromatic carbocycles. The minimum absolute atomic E-state index is 0.0630. The third kappa shape index (κ3) is 43.8. The van der Waals surface area contributed by atoms with Crippen LogP contribution in [-0.2, 0) is 28.6 Å². The highest BCUT2D eigenvalue weighted by Gasteiger charge is 2.19. The van der Waals surface area contributed by atoms with E-state index in [1.54, 1.807) is 0 Å². The maximum Gasteiger partial charge on any atom is 0.306 e. The van der Waals surface area contributed by atoms with Crippen molar-refractivity contribution in [1.29, 1.82) is 0 Å². The molecule has 0 fully saturated rings. The molecule has 0 bridgehead atoms. The number of hydrogen-bond acceptors (Lipinski definition) is 6. The minimum Gasteiger partial charge on any atom is -0.462 e. The van der Waals surface area contributed by atoms with Gasteiger partial charge in [-0.2, -0.15) is 0 Å². The second kappa shape index (κ2) is 45.5. The standard InChI is InChI=1S/C51H98O6/c1-5-8-10-12-14-16-17-23-27-30-34-38-42-49(52)55-45-48(57-51(54)44-40-36-32-25-15-13-11-9-6-2)46-56-50(53)43-39-35-31-28-24-21-19-18-20-22-26-29-33-37-41-47(4)7-3/h47-48H,5-46H2,1-4H3/t47?,48-/m0/s1. The molecule has 0 radical (unpaired) electrons. The molecule has 2 atom stereocenters. The summed E-state index contributed by atoms with van der Waals surface area (Å²) >= 11 is 0. The third-order valence-electron chi connectivity index (χ3n) is 11.9. The van der Waals surface area contributed by atoms with Gasteiger partial charge in [-0.3, -0.25) is 14.4 Å². The van der Waals surface area contributed by atoms with Crippen LogP contribution in [0.3, 0.4) is 0 Å². The van der Waals surface area contributed by atoms with E-state index in [4.69, 9.17) is 14.2 Å².